The summed E-state index contributed by atoms with van der Waals surface area (Å²) in [4.78, 5) is 19.9. The second kappa shape index (κ2) is 6.17. The predicted molar refractivity (Wildman–Crippen MR) is 117 cm³/mol. The number of fused-ring (bicyclic) bond motifs is 4. The smallest absolute Gasteiger partial charge is 0.274 e. The molecule has 5 heteroatoms. The van der Waals surface area contributed by atoms with Crippen molar-refractivity contribution in [3.63, 3.8) is 0 Å². The summed E-state index contributed by atoms with van der Waals surface area (Å²) < 4.78 is 1.92. The summed E-state index contributed by atoms with van der Waals surface area (Å²) >= 11 is 1.42. The average molecular weight is 390 g/mol. The first-order valence-corrected chi connectivity index (χ1v) is 10.6. The van der Waals surface area contributed by atoms with Crippen LogP contribution in [-0.2, 0) is 12.8 Å². The van der Waals surface area contributed by atoms with Crippen molar-refractivity contribution < 1.29 is 4.79 Å². The molecule has 0 amide bonds. The predicted octanol–water partition coefficient (Wildman–Crippen LogP) is 5.33. The Kier molecular flexibility index (Phi) is 3.85. The molecule has 1 aliphatic rings. The second-order valence-corrected chi connectivity index (χ2v) is 8.76. The van der Waals surface area contributed by atoms with Crippen LogP contribution in [-0.4, -0.2) is 15.5 Å². The van der Waals surface area contributed by atoms with Crippen molar-refractivity contribution in [1.29, 1.82) is 0 Å². The Morgan fingerprint density at radius 1 is 1.11 bits per heavy atom. The van der Waals surface area contributed by atoms with Gasteiger partial charge in [0, 0.05) is 22.2 Å². The molecule has 2 N–H and O–H groups in total. The molecule has 0 atom stereocenters. The van der Waals surface area contributed by atoms with Gasteiger partial charge in [0.2, 0.25) is 0 Å². The van der Waals surface area contributed by atoms with Gasteiger partial charge in [-0.2, -0.15) is 0 Å². The Balaban J connectivity index is 1.78. The van der Waals surface area contributed by atoms with Gasteiger partial charge >= 0.3 is 0 Å². The van der Waals surface area contributed by atoms with Gasteiger partial charge in [-0.3, -0.25) is 9.36 Å². The third-order valence-corrected chi connectivity index (χ3v) is 7.34. The SMILES string of the molecule is Cc1nc2sc(C(=O)n3c4c(c5ccccc53)CCCC4)c(N)c2c(C)c1C. The Morgan fingerprint density at radius 2 is 1.86 bits per heavy atom. The molecule has 0 saturated carbocycles. The maximum Gasteiger partial charge on any atom is 0.274 e. The molecule has 0 fully saturated rings. The Morgan fingerprint density at radius 3 is 2.68 bits per heavy atom. The number of hydrogen-bond acceptors (Lipinski definition) is 4. The highest BCUT2D eigenvalue weighted by molar-refractivity contribution is 7.21. The summed E-state index contributed by atoms with van der Waals surface area (Å²) in [6.07, 6.45) is 4.28. The Labute approximate surface area is 168 Å². The molecule has 28 heavy (non-hydrogen) atoms. The summed E-state index contributed by atoms with van der Waals surface area (Å²) in [5, 5.41) is 2.13. The lowest BCUT2D eigenvalue weighted by Gasteiger charge is -2.14. The minimum Gasteiger partial charge on any atom is -0.397 e. The zero-order valence-electron chi connectivity index (χ0n) is 16.4. The maximum atomic E-state index is 13.7. The molecule has 0 spiro atoms. The lowest BCUT2D eigenvalue weighted by Crippen LogP contribution is -2.17. The quantitative estimate of drug-likeness (QED) is 0.479. The molecular weight excluding hydrogens is 366 g/mol. The summed E-state index contributed by atoms with van der Waals surface area (Å²) in [6, 6.07) is 8.24. The van der Waals surface area contributed by atoms with Gasteiger partial charge in [-0.05, 0) is 69.2 Å². The highest BCUT2D eigenvalue weighted by atomic mass is 32.1. The van der Waals surface area contributed by atoms with E-state index in [4.69, 9.17) is 10.7 Å². The van der Waals surface area contributed by atoms with Crippen LogP contribution in [0.4, 0.5) is 5.69 Å². The summed E-state index contributed by atoms with van der Waals surface area (Å²) in [5.41, 5.74) is 13.8. The van der Waals surface area contributed by atoms with E-state index < -0.39 is 0 Å². The number of nitrogens with zero attached hydrogens (tertiary/aromatic N) is 2. The highest BCUT2D eigenvalue weighted by Crippen LogP contribution is 2.39. The van der Waals surface area contributed by atoms with Crippen LogP contribution in [0, 0.1) is 20.8 Å². The first-order valence-electron chi connectivity index (χ1n) is 9.80. The molecule has 0 radical (unpaired) electrons. The Bertz CT molecular complexity index is 1280. The summed E-state index contributed by atoms with van der Waals surface area (Å²) in [7, 11) is 0. The number of aromatic nitrogens is 2. The van der Waals surface area contributed by atoms with Crippen LogP contribution in [0.25, 0.3) is 21.1 Å². The van der Waals surface area contributed by atoms with Gasteiger partial charge in [0.25, 0.3) is 5.91 Å². The molecule has 3 aromatic heterocycles. The molecule has 0 bridgehead atoms. The molecule has 0 unspecified atom stereocenters. The third-order valence-electron chi connectivity index (χ3n) is 6.25. The number of nitrogens with two attached hydrogens (primary N) is 1. The van der Waals surface area contributed by atoms with E-state index in [9.17, 15) is 4.79 Å². The van der Waals surface area contributed by atoms with Gasteiger partial charge in [-0.15, -0.1) is 11.3 Å². The number of rotatable bonds is 1. The maximum absolute atomic E-state index is 13.7. The van der Waals surface area contributed by atoms with E-state index in [1.165, 1.54) is 28.7 Å². The van der Waals surface area contributed by atoms with Gasteiger partial charge in [0.1, 0.15) is 9.71 Å². The average Bonchev–Trinajstić information content (AvgIpc) is 3.21. The number of thiophene rings is 1. The number of hydrogen-bond donors (Lipinski definition) is 1. The van der Waals surface area contributed by atoms with Crippen LogP contribution in [0.15, 0.2) is 24.3 Å². The molecule has 142 valence electrons. The van der Waals surface area contributed by atoms with Crippen LogP contribution in [0.3, 0.4) is 0 Å². The van der Waals surface area contributed by atoms with Crippen molar-refractivity contribution in [1.82, 2.24) is 9.55 Å². The van der Waals surface area contributed by atoms with Gasteiger partial charge in [-0.1, -0.05) is 18.2 Å². The van der Waals surface area contributed by atoms with Crippen LogP contribution < -0.4 is 5.73 Å². The first-order chi connectivity index (χ1) is 13.5. The molecule has 0 saturated heterocycles. The number of benzene rings is 1. The van der Waals surface area contributed by atoms with E-state index in [0.29, 0.717) is 10.6 Å². The van der Waals surface area contributed by atoms with Crippen molar-refractivity contribution in [2.24, 2.45) is 0 Å². The third kappa shape index (κ3) is 2.29. The molecule has 5 rings (SSSR count). The summed E-state index contributed by atoms with van der Waals surface area (Å²) in [5.74, 6) is -0.0189. The summed E-state index contributed by atoms with van der Waals surface area (Å²) in [6.45, 7) is 6.14. The molecule has 4 nitrogen and oxygen atoms in total. The molecule has 3 heterocycles. The van der Waals surface area contributed by atoms with Crippen molar-refractivity contribution in [2.75, 3.05) is 5.73 Å². The van der Waals surface area contributed by atoms with Gasteiger partial charge in [-0.25, -0.2) is 4.98 Å². The largest absolute Gasteiger partial charge is 0.397 e. The zero-order valence-corrected chi connectivity index (χ0v) is 17.2. The number of carbonyl (C=O) groups is 1. The zero-order chi connectivity index (χ0) is 19.6. The van der Waals surface area contributed by atoms with Crippen molar-refractivity contribution >= 4 is 44.1 Å². The minimum absolute atomic E-state index is 0.0189. The van der Waals surface area contributed by atoms with E-state index in [-0.39, 0.29) is 5.91 Å². The number of pyridine rings is 1. The molecule has 1 aliphatic carbocycles. The first kappa shape index (κ1) is 17.4. The Hall–Kier alpha value is -2.66. The van der Waals surface area contributed by atoms with E-state index in [2.05, 4.69) is 26.0 Å². The van der Waals surface area contributed by atoms with E-state index in [1.807, 2.05) is 23.6 Å². The number of anilines is 1. The molecular formula is C23H23N3OS. The lowest BCUT2D eigenvalue weighted by molar-refractivity contribution is 0.0966. The number of carbonyl (C=O) groups excluding carboxylic acids is 1. The monoisotopic (exact) mass is 389 g/mol. The lowest BCUT2D eigenvalue weighted by atomic mass is 9.95. The molecule has 0 aliphatic heterocycles. The molecule has 1 aromatic carbocycles. The van der Waals surface area contributed by atoms with E-state index in [0.717, 1.165) is 57.5 Å². The number of nitrogen functional groups attached to an aromatic ring is 1. The van der Waals surface area contributed by atoms with E-state index in [1.54, 1.807) is 0 Å². The molecule has 4 aromatic rings. The number of aryl methyl sites for hydroxylation is 3. The van der Waals surface area contributed by atoms with Crippen LogP contribution in [0.1, 0.15) is 50.6 Å². The van der Waals surface area contributed by atoms with Crippen LogP contribution >= 0.6 is 11.3 Å². The topological polar surface area (TPSA) is 60.9 Å². The fourth-order valence-corrected chi connectivity index (χ4v) is 5.69. The van der Waals surface area contributed by atoms with E-state index >= 15 is 0 Å². The normalized spacial score (nSPS) is 14.0. The second-order valence-electron chi connectivity index (χ2n) is 7.76. The number of para-hydroxylation sites is 1. The van der Waals surface area contributed by atoms with Crippen molar-refractivity contribution in [3.8, 4) is 0 Å². The fraction of sp³-hybridized carbons (Fsp3) is 0.304. The van der Waals surface area contributed by atoms with Crippen molar-refractivity contribution in [3.05, 3.63) is 57.2 Å². The van der Waals surface area contributed by atoms with Crippen LogP contribution in [0.5, 0.6) is 0 Å². The fourth-order valence-electron chi connectivity index (χ4n) is 4.56. The minimum atomic E-state index is -0.0189. The standard InChI is InChI=1S/C23H23N3OS/c1-12-13(2)19-20(24)21(28-22(19)25-14(12)3)23(27)26-17-10-6-4-8-15(17)16-9-5-7-11-18(16)26/h4,6,8,10H,5,7,9,11,24H2,1-3H3. The van der Waals surface area contributed by atoms with Gasteiger partial charge in [0.05, 0.1) is 11.2 Å². The van der Waals surface area contributed by atoms with Gasteiger partial charge in [0.15, 0.2) is 0 Å². The van der Waals surface area contributed by atoms with Crippen molar-refractivity contribution in [2.45, 2.75) is 46.5 Å². The highest BCUT2D eigenvalue weighted by Gasteiger charge is 2.27. The van der Waals surface area contributed by atoms with Gasteiger partial charge < -0.3 is 5.73 Å². The van der Waals surface area contributed by atoms with Crippen LogP contribution in [0.2, 0.25) is 0 Å².